The summed E-state index contributed by atoms with van der Waals surface area (Å²) >= 11 is 0. The van der Waals surface area contributed by atoms with Gasteiger partial charge in [-0.1, -0.05) is 13.8 Å². The number of carbonyl (C=O) groups is 1. The fourth-order valence-electron chi connectivity index (χ4n) is 2.49. The first-order valence-electron chi connectivity index (χ1n) is 5.80. The first-order chi connectivity index (χ1) is 7.56. The quantitative estimate of drug-likeness (QED) is 0.781. The van der Waals surface area contributed by atoms with Crippen molar-refractivity contribution >= 4 is 5.78 Å². The van der Waals surface area contributed by atoms with Gasteiger partial charge in [0.2, 0.25) is 0 Å². The standard InChI is InChI=1S/C12H19N3O/c1-9(2)12(4-5-13-8-12)11(16)10-6-14-15(3)7-10/h6-7,9,13H,4-5,8H2,1-3H3. The molecule has 16 heavy (non-hydrogen) atoms. The van der Waals surface area contributed by atoms with Crippen LogP contribution in [0.15, 0.2) is 12.4 Å². The van der Waals surface area contributed by atoms with Crippen LogP contribution in [0.1, 0.15) is 30.6 Å². The topological polar surface area (TPSA) is 46.9 Å². The molecule has 1 aliphatic rings. The largest absolute Gasteiger partial charge is 0.316 e. The lowest BCUT2D eigenvalue weighted by molar-refractivity contribution is 0.0740. The van der Waals surface area contributed by atoms with E-state index in [1.165, 1.54) is 0 Å². The monoisotopic (exact) mass is 221 g/mol. The highest BCUT2D eigenvalue weighted by atomic mass is 16.1. The van der Waals surface area contributed by atoms with Crippen molar-refractivity contribution in [1.82, 2.24) is 15.1 Å². The summed E-state index contributed by atoms with van der Waals surface area (Å²) in [5.41, 5.74) is 0.503. The lowest BCUT2D eigenvalue weighted by Crippen LogP contribution is -2.38. The molecule has 1 unspecified atom stereocenters. The molecule has 0 amide bonds. The molecule has 1 aliphatic heterocycles. The maximum absolute atomic E-state index is 12.5. The zero-order valence-corrected chi connectivity index (χ0v) is 10.2. The van der Waals surface area contributed by atoms with E-state index in [9.17, 15) is 4.79 Å². The van der Waals surface area contributed by atoms with E-state index in [0.29, 0.717) is 5.92 Å². The Labute approximate surface area is 96.0 Å². The van der Waals surface area contributed by atoms with E-state index in [4.69, 9.17) is 0 Å². The van der Waals surface area contributed by atoms with Crippen LogP contribution in [0.2, 0.25) is 0 Å². The van der Waals surface area contributed by atoms with Crippen LogP contribution in [0.25, 0.3) is 0 Å². The van der Waals surface area contributed by atoms with Crippen LogP contribution in [0.4, 0.5) is 0 Å². The predicted molar refractivity (Wildman–Crippen MR) is 62.3 cm³/mol. The highest BCUT2D eigenvalue weighted by Crippen LogP contribution is 2.37. The van der Waals surface area contributed by atoms with Crippen molar-refractivity contribution < 1.29 is 4.79 Å². The number of aryl methyl sites for hydroxylation is 1. The maximum atomic E-state index is 12.5. The number of nitrogens with one attached hydrogen (secondary N) is 1. The molecule has 2 heterocycles. The van der Waals surface area contributed by atoms with E-state index in [0.717, 1.165) is 25.1 Å². The van der Waals surface area contributed by atoms with Gasteiger partial charge in [0, 0.05) is 25.2 Å². The number of Topliss-reactive ketones (excluding diaryl/α,β-unsaturated/α-hetero) is 1. The number of carbonyl (C=O) groups excluding carboxylic acids is 1. The summed E-state index contributed by atoms with van der Waals surface area (Å²) in [6.45, 7) is 5.98. The van der Waals surface area contributed by atoms with Crippen molar-refractivity contribution in [2.24, 2.45) is 18.4 Å². The molecule has 0 bridgehead atoms. The van der Waals surface area contributed by atoms with E-state index < -0.39 is 0 Å². The molecular weight excluding hydrogens is 202 g/mol. The molecule has 1 fully saturated rings. The van der Waals surface area contributed by atoms with E-state index >= 15 is 0 Å². The summed E-state index contributed by atoms with van der Waals surface area (Å²) in [5.74, 6) is 0.593. The Balaban J connectivity index is 2.31. The van der Waals surface area contributed by atoms with Crippen LogP contribution >= 0.6 is 0 Å². The van der Waals surface area contributed by atoms with E-state index in [-0.39, 0.29) is 11.2 Å². The second-order valence-electron chi connectivity index (χ2n) is 4.97. The Hall–Kier alpha value is -1.16. The Bertz CT molecular complexity index is 389. The van der Waals surface area contributed by atoms with Gasteiger partial charge >= 0.3 is 0 Å². The first-order valence-corrected chi connectivity index (χ1v) is 5.80. The zero-order chi connectivity index (χ0) is 11.8. The number of ketones is 1. The molecule has 0 spiro atoms. The maximum Gasteiger partial charge on any atom is 0.173 e. The summed E-state index contributed by atoms with van der Waals surface area (Å²) in [4.78, 5) is 12.5. The predicted octanol–water partition coefficient (Wildman–Crippen LogP) is 1.24. The van der Waals surface area contributed by atoms with Crippen molar-refractivity contribution in [3.63, 3.8) is 0 Å². The molecule has 2 rings (SSSR count). The van der Waals surface area contributed by atoms with Crippen LogP contribution in [0.5, 0.6) is 0 Å². The normalized spacial score (nSPS) is 25.2. The lowest BCUT2D eigenvalue weighted by atomic mass is 9.71. The van der Waals surface area contributed by atoms with Crippen LogP contribution in [0, 0.1) is 11.3 Å². The molecular formula is C12H19N3O. The average molecular weight is 221 g/mol. The number of nitrogens with zero attached hydrogens (tertiary/aromatic N) is 2. The molecule has 1 N–H and O–H groups in total. The van der Waals surface area contributed by atoms with Crippen LogP contribution in [-0.4, -0.2) is 28.7 Å². The number of hydrogen-bond donors (Lipinski definition) is 1. The third kappa shape index (κ3) is 1.67. The second-order valence-corrected chi connectivity index (χ2v) is 4.97. The fourth-order valence-corrected chi connectivity index (χ4v) is 2.49. The molecule has 88 valence electrons. The highest BCUT2D eigenvalue weighted by molar-refractivity contribution is 6.00. The molecule has 0 radical (unpaired) electrons. The summed E-state index contributed by atoms with van der Waals surface area (Å²) in [6, 6.07) is 0. The number of rotatable bonds is 3. The summed E-state index contributed by atoms with van der Waals surface area (Å²) in [6.07, 6.45) is 4.41. The van der Waals surface area contributed by atoms with Crippen molar-refractivity contribution in [2.45, 2.75) is 20.3 Å². The molecule has 0 aromatic carbocycles. The summed E-state index contributed by atoms with van der Waals surface area (Å²) < 4.78 is 1.68. The van der Waals surface area contributed by atoms with Gasteiger partial charge in [0.25, 0.3) is 0 Å². The van der Waals surface area contributed by atoms with Gasteiger partial charge in [0.05, 0.1) is 11.8 Å². The zero-order valence-electron chi connectivity index (χ0n) is 10.2. The molecule has 1 aromatic heterocycles. The highest BCUT2D eigenvalue weighted by Gasteiger charge is 2.44. The Kier molecular flexibility index (Phi) is 2.84. The van der Waals surface area contributed by atoms with Crippen molar-refractivity contribution in [2.75, 3.05) is 13.1 Å². The smallest absolute Gasteiger partial charge is 0.173 e. The minimum Gasteiger partial charge on any atom is -0.316 e. The van der Waals surface area contributed by atoms with Gasteiger partial charge in [-0.3, -0.25) is 9.48 Å². The van der Waals surface area contributed by atoms with Gasteiger partial charge in [-0.25, -0.2) is 0 Å². The fraction of sp³-hybridized carbons (Fsp3) is 0.667. The number of hydrogen-bond acceptors (Lipinski definition) is 3. The first kappa shape index (κ1) is 11.3. The summed E-state index contributed by atoms with van der Waals surface area (Å²) in [7, 11) is 1.84. The van der Waals surface area contributed by atoms with Gasteiger partial charge in [-0.2, -0.15) is 5.10 Å². The van der Waals surface area contributed by atoms with E-state index in [1.807, 2.05) is 13.2 Å². The number of aromatic nitrogens is 2. The van der Waals surface area contributed by atoms with Gasteiger partial charge in [0.15, 0.2) is 5.78 Å². The van der Waals surface area contributed by atoms with Crippen molar-refractivity contribution in [1.29, 1.82) is 0 Å². The Morgan fingerprint density at radius 3 is 2.81 bits per heavy atom. The second kappa shape index (κ2) is 4.01. The summed E-state index contributed by atoms with van der Waals surface area (Å²) in [5, 5.41) is 7.38. The van der Waals surface area contributed by atoms with Gasteiger partial charge in [0.1, 0.15) is 0 Å². The van der Waals surface area contributed by atoms with Crippen LogP contribution in [-0.2, 0) is 7.05 Å². The van der Waals surface area contributed by atoms with Gasteiger partial charge < -0.3 is 5.32 Å². The molecule has 0 saturated carbocycles. The molecule has 0 aliphatic carbocycles. The van der Waals surface area contributed by atoms with Crippen LogP contribution < -0.4 is 5.32 Å². The van der Waals surface area contributed by atoms with Gasteiger partial charge in [-0.05, 0) is 18.9 Å². The minimum atomic E-state index is -0.233. The van der Waals surface area contributed by atoms with Crippen molar-refractivity contribution in [3.05, 3.63) is 18.0 Å². The molecule has 4 nitrogen and oxygen atoms in total. The van der Waals surface area contributed by atoms with Crippen molar-refractivity contribution in [3.8, 4) is 0 Å². The van der Waals surface area contributed by atoms with E-state index in [1.54, 1.807) is 10.9 Å². The van der Waals surface area contributed by atoms with Gasteiger partial charge in [-0.15, -0.1) is 0 Å². The lowest BCUT2D eigenvalue weighted by Gasteiger charge is -2.30. The third-order valence-corrected chi connectivity index (χ3v) is 3.71. The Morgan fingerprint density at radius 1 is 1.62 bits per heavy atom. The molecule has 1 atom stereocenters. The third-order valence-electron chi connectivity index (χ3n) is 3.71. The molecule has 4 heteroatoms. The average Bonchev–Trinajstić information content (AvgIpc) is 2.85. The molecule has 1 aromatic rings. The van der Waals surface area contributed by atoms with Crippen LogP contribution in [0.3, 0.4) is 0 Å². The minimum absolute atomic E-state index is 0.233. The molecule has 1 saturated heterocycles. The van der Waals surface area contributed by atoms with E-state index in [2.05, 4.69) is 24.3 Å². The Morgan fingerprint density at radius 2 is 2.38 bits per heavy atom. The SMILES string of the molecule is CC(C)C1(C(=O)c2cnn(C)c2)CCNC1.